The molecule has 2 aromatic heterocycles. The van der Waals surface area contributed by atoms with Crippen LogP contribution in [0.2, 0.25) is 0 Å². The van der Waals surface area contributed by atoms with Gasteiger partial charge in [0, 0.05) is 24.2 Å². The van der Waals surface area contributed by atoms with Crippen molar-refractivity contribution in [2.24, 2.45) is 5.73 Å². The Balaban J connectivity index is 2.15. The molecule has 14 heavy (non-hydrogen) atoms. The Kier molecular flexibility index (Phi) is 1.47. The van der Waals surface area contributed by atoms with Gasteiger partial charge in [0.25, 0.3) is 0 Å². The molecule has 1 fully saturated rings. The quantitative estimate of drug-likeness (QED) is 0.782. The number of hydrogen-bond donors (Lipinski definition) is 1. The highest BCUT2D eigenvalue weighted by atomic mass is 16.3. The fourth-order valence-electron chi connectivity index (χ4n) is 1.83. The first-order valence-corrected chi connectivity index (χ1v) is 4.89. The summed E-state index contributed by atoms with van der Waals surface area (Å²) in [6, 6.07) is 5.85. The van der Waals surface area contributed by atoms with Crippen LogP contribution < -0.4 is 5.73 Å². The van der Waals surface area contributed by atoms with E-state index >= 15 is 0 Å². The summed E-state index contributed by atoms with van der Waals surface area (Å²) in [5, 5.41) is 0. The number of rotatable bonds is 2. The van der Waals surface area contributed by atoms with Crippen molar-refractivity contribution in [3.8, 4) is 0 Å². The maximum atomic E-state index is 5.74. The van der Waals surface area contributed by atoms with Crippen molar-refractivity contribution in [2.75, 3.05) is 6.54 Å². The van der Waals surface area contributed by atoms with Crippen LogP contribution in [0.4, 0.5) is 0 Å². The summed E-state index contributed by atoms with van der Waals surface area (Å²) in [7, 11) is 0. The number of aromatic nitrogens is 1. The molecule has 0 atom stereocenters. The molecule has 1 aliphatic carbocycles. The van der Waals surface area contributed by atoms with Gasteiger partial charge in [-0.2, -0.15) is 0 Å². The average molecular weight is 188 g/mol. The Morgan fingerprint density at radius 2 is 2.36 bits per heavy atom. The van der Waals surface area contributed by atoms with E-state index in [0.29, 0.717) is 6.54 Å². The van der Waals surface area contributed by atoms with Gasteiger partial charge in [-0.15, -0.1) is 0 Å². The normalized spacial score (nSPS) is 18.6. The molecule has 0 aromatic carbocycles. The molecule has 2 heterocycles. The summed E-state index contributed by atoms with van der Waals surface area (Å²) in [6.45, 7) is 0.673. The van der Waals surface area contributed by atoms with Gasteiger partial charge < -0.3 is 10.2 Å². The first kappa shape index (κ1) is 8.00. The second-order valence-electron chi connectivity index (χ2n) is 3.98. The van der Waals surface area contributed by atoms with Crippen LogP contribution in [0, 0.1) is 0 Å². The first-order chi connectivity index (χ1) is 6.84. The van der Waals surface area contributed by atoms with Gasteiger partial charge in [0.15, 0.2) is 5.58 Å². The molecular weight excluding hydrogens is 176 g/mol. The fourth-order valence-corrected chi connectivity index (χ4v) is 1.83. The third-order valence-electron chi connectivity index (χ3n) is 3.05. The number of pyridine rings is 1. The summed E-state index contributed by atoms with van der Waals surface area (Å²) in [5.74, 6) is 1.01. The van der Waals surface area contributed by atoms with Crippen LogP contribution in [0.1, 0.15) is 18.6 Å². The largest absolute Gasteiger partial charge is 0.459 e. The lowest BCUT2D eigenvalue weighted by molar-refractivity contribution is 0.482. The summed E-state index contributed by atoms with van der Waals surface area (Å²) in [5.41, 5.74) is 7.66. The molecule has 2 aromatic rings. The molecule has 3 rings (SSSR count). The van der Waals surface area contributed by atoms with E-state index in [4.69, 9.17) is 10.2 Å². The summed E-state index contributed by atoms with van der Waals surface area (Å²) in [6.07, 6.45) is 4.07. The van der Waals surface area contributed by atoms with E-state index in [0.717, 1.165) is 29.7 Å². The number of fused-ring (bicyclic) bond motifs is 1. The van der Waals surface area contributed by atoms with Crippen LogP contribution in [-0.2, 0) is 5.41 Å². The van der Waals surface area contributed by atoms with Crippen molar-refractivity contribution in [3.63, 3.8) is 0 Å². The van der Waals surface area contributed by atoms with Gasteiger partial charge >= 0.3 is 0 Å². The van der Waals surface area contributed by atoms with Gasteiger partial charge in [0.05, 0.1) is 0 Å². The van der Waals surface area contributed by atoms with Crippen molar-refractivity contribution >= 4 is 11.1 Å². The molecule has 0 amide bonds. The zero-order valence-corrected chi connectivity index (χ0v) is 7.86. The van der Waals surface area contributed by atoms with E-state index in [2.05, 4.69) is 4.98 Å². The molecule has 0 bridgehead atoms. The standard InChI is InChI=1S/C11H12N2O/c12-7-11(3-4-11)10-6-8-9(14-10)2-1-5-13-8/h1-2,5-6H,3-4,7,12H2. The van der Waals surface area contributed by atoms with Crippen LogP contribution in [-0.4, -0.2) is 11.5 Å². The molecule has 2 N–H and O–H groups in total. The van der Waals surface area contributed by atoms with Crippen molar-refractivity contribution in [1.29, 1.82) is 0 Å². The van der Waals surface area contributed by atoms with Gasteiger partial charge in [-0.3, -0.25) is 4.98 Å². The third-order valence-corrected chi connectivity index (χ3v) is 3.05. The Labute approximate surface area is 81.9 Å². The average Bonchev–Trinajstić information content (AvgIpc) is 2.91. The maximum absolute atomic E-state index is 5.74. The Bertz CT molecular complexity index is 438. The van der Waals surface area contributed by atoms with Crippen molar-refractivity contribution < 1.29 is 4.42 Å². The SMILES string of the molecule is NCC1(c2cc3ncccc3o2)CC1. The van der Waals surface area contributed by atoms with Crippen LogP contribution in [0.3, 0.4) is 0 Å². The first-order valence-electron chi connectivity index (χ1n) is 4.89. The van der Waals surface area contributed by atoms with E-state index in [1.807, 2.05) is 18.2 Å². The second-order valence-corrected chi connectivity index (χ2v) is 3.98. The van der Waals surface area contributed by atoms with E-state index < -0.39 is 0 Å². The number of furan rings is 1. The Hall–Kier alpha value is -1.35. The molecule has 0 radical (unpaired) electrons. The molecule has 0 unspecified atom stereocenters. The minimum atomic E-state index is 0.126. The molecule has 0 aliphatic heterocycles. The molecule has 1 aliphatic rings. The summed E-state index contributed by atoms with van der Waals surface area (Å²) in [4.78, 5) is 4.24. The van der Waals surface area contributed by atoms with Gasteiger partial charge in [-0.05, 0) is 25.0 Å². The lowest BCUT2D eigenvalue weighted by Gasteiger charge is -2.06. The minimum Gasteiger partial charge on any atom is -0.459 e. The highest BCUT2D eigenvalue weighted by Crippen LogP contribution is 2.48. The zero-order valence-electron chi connectivity index (χ0n) is 7.86. The van der Waals surface area contributed by atoms with Crippen molar-refractivity contribution in [1.82, 2.24) is 4.98 Å². The minimum absolute atomic E-state index is 0.126. The van der Waals surface area contributed by atoms with Gasteiger partial charge in [0.2, 0.25) is 0 Å². The van der Waals surface area contributed by atoms with E-state index in [-0.39, 0.29) is 5.41 Å². The monoisotopic (exact) mass is 188 g/mol. The fraction of sp³-hybridized carbons (Fsp3) is 0.364. The molecule has 0 saturated heterocycles. The van der Waals surface area contributed by atoms with Crippen LogP contribution in [0.15, 0.2) is 28.8 Å². The van der Waals surface area contributed by atoms with E-state index in [1.54, 1.807) is 6.20 Å². The zero-order chi connectivity index (χ0) is 9.60. The van der Waals surface area contributed by atoms with Crippen LogP contribution in [0.25, 0.3) is 11.1 Å². The van der Waals surface area contributed by atoms with Crippen molar-refractivity contribution in [2.45, 2.75) is 18.3 Å². The topological polar surface area (TPSA) is 52.0 Å². The maximum Gasteiger partial charge on any atom is 0.152 e. The van der Waals surface area contributed by atoms with Crippen LogP contribution in [0.5, 0.6) is 0 Å². The molecule has 3 heteroatoms. The number of nitrogens with zero attached hydrogens (tertiary/aromatic N) is 1. The Morgan fingerprint density at radius 3 is 3.00 bits per heavy atom. The highest BCUT2D eigenvalue weighted by molar-refractivity contribution is 5.73. The van der Waals surface area contributed by atoms with Gasteiger partial charge in [-0.1, -0.05) is 0 Å². The second kappa shape index (κ2) is 2.58. The van der Waals surface area contributed by atoms with Gasteiger partial charge in [-0.25, -0.2) is 0 Å². The lowest BCUT2D eigenvalue weighted by atomic mass is 10.0. The smallest absolute Gasteiger partial charge is 0.152 e. The van der Waals surface area contributed by atoms with Crippen molar-refractivity contribution in [3.05, 3.63) is 30.2 Å². The molecule has 72 valence electrons. The van der Waals surface area contributed by atoms with E-state index in [1.165, 1.54) is 0 Å². The van der Waals surface area contributed by atoms with Gasteiger partial charge in [0.1, 0.15) is 11.3 Å². The lowest BCUT2D eigenvalue weighted by Crippen LogP contribution is -2.18. The number of nitrogens with two attached hydrogens (primary N) is 1. The van der Waals surface area contributed by atoms with Crippen LogP contribution >= 0.6 is 0 Å². The summed E-state index contributed by atoms with van der Waals surface area (Å²) >= 11 is 0. The summed E-state index contributed by atoms with van der Waals surface area (Å²) < 4.78 is 5.74. The molecule has 0 spiro atoms. The Morgan fingerprint density at radius 1 is 1.50 bits per heavy atom. The predicted octanol–water partition coefficient (Wildman–Crippen LogP) is 1.82. The molecular formula is C11H12N2O. The molecule has 1 saturated carbocycles. The molecule has 3 nitrogen and oxygen atoms in total. The highest BCUT2D eigenvalue weighted by Gasteiger charge is 2.46. The number of hydrogen-bond acceptors (Lipinski definition) is 3. The predicted molar refractivity (Wildman–Crippen MR) is 54.0 cm³/mol. The third kappa shape index (κ3) is 0.990. The van der Waals surface area contributed by atoms with E-state index in [9.17, 15) is 0 Å².